The number of quaternary nitrogens is 2. The van der Waals surface area contributed by atoms with Crippen LogP contribution in [0.5, 0.6) is 0 Å². The van der Waals surface area contributed by atoms with Crippen LogP contribution in [-0.4, -0.2) is 43.2 Å². The minimum Gasteiger partial charge on any atom is -0.358 e. The number of H-pyrrole nitrogens is 1. The molecule has 2 aromatic heterocycles. The van der Waals surface area contributed by atoms with Crippen molar-refractivity contribution in [1.82, 2.24) is 9.97 Å². The molecule has 0 amide bonds. The number of benzene rings is 1. The molecule has 3 aromatic rings. The Balaban J connectivity index is 1.84. The van der Waals surface area contributed by atoms with Gasteiger partial charge in [0.05, 0.1) is 7.05 Å². The first-order chi connectivity index (χ1) is 11.7. The van der Waals surface area contributed by atoms with E-state index in [4.69, 9.17) is 0 Å². The van der Waals surface area contributed by atoms with Crippen molar-refractivity contribution in [3.05, 3.63) is 65.6 Å². The number of hydrogen-bond donors (Lipinski definition) is 3. The number of piperazine rings is 1. The first kappa shape index (κ1) is 15.4. The Morgan fingerprint density at radius 3 is 2.46 bits per heavy atom. The number of fused-ring (bicyclic) bond motifs is 1. The molecule has 1 aliphatic rings. The fourth-order valence-corrected chi connectivity index (χ4v) is 4.12. The third-order valence-electron chi connectivity index (χ3n) is 5.43. The number of hydrogen-bond acceptors (Lipinski definition) is 1. The summed E-state index contributed by atoms with van der Waals surface area (Å²) in [5.41, 5.74) is 5.35. The molecule has 0 bridgehead atoms. The van der Waals surface area contributed by atoms with Gasteiger partial charge < -0.3 is 14.8 Å². The Morgan fingerprint density at radius 2 is 1.71 bits per heavy atom. The third kappa shape index (κ3) is 2.72. The highest BCUT2D eigenvalue weighted by Gasteiger charge is 2.33. The summed E-state index contributed by atoms with van der Waals surface area (Å²) in [4.78, 5) is 11.1. The first-order valence-corrected chi connectivity index (χ1v) is 8.87. The van der Waals surface area contributed by atoms with E-state index in [1.165, 1.54) is 53.9 Å². The fraction of sp³-hybridized carbons (Fsp3) is 0.350. The average Bonchev–Trinajstić information content (AvgIpc) is 2.94. The number of pyridine rings is 1. The van der Waals surface area contributed by atoms with Crippen LogP contribution in [-0.2, 0) is 0 Å². The van der Waals surface area contributed by atoms with Gasteiger partial charge >= 0.3 is 0 Å². The van der Waals surface area contributed by atoms with E-state index in [0.29, 0.717) is 6.04 Å². The Labute approximate surface area is 143 Å². The number of aryl methyl sites for hydroxylation is 1. The molecule has 24 heavy (non-hydrogen) atoms. The summed E-state index contributed by atoms with van der Waals surface area (Å²) in [6.45, 7) is 7.09. The second-order valence-corrected chi connectivity index (χ2v) is 7.04. The van der Waals surface area contributed by atoms with Crippen molar-refractivity contribution in [2.75, 3.05) is 33.2 Å². The highest BCUT2D eigenvalue weighted by molar-refractivity contribution is 5.85. The Hall–Kier alpha value is -2.17. The Bertz CT molecular complexity index is 816. The number of para-hydroxylation sites is 1. The van der Waals surface area contributed by atoms with Crippen molar-refractivity contribution in [3.63, 3.8) is 0 Å². The lowest BCUT2D eigenvalue weighted by atomic mass is 9.94. The zero-order chi connectivity index (χ0) is 16.5. The van der Waals surface area contributed by atoms with Crippen molar-refractivity contribution in [2.45, 2.75) is 13.0 Å². The number of likely N-dealkylation sites (N-methyl/N-ethyl adjacent to an activating group) is 1. The largest absolute Gasteiger partial charge is 0.358 e. The minimum absolute atomic E-state index is 0.372. The van der Waals surface area contributed by atoms with Crippen molar-refractivity contribution < 1.29 is 9.80 Å². The number of aromatic nitrogens is 2. The first-order valence-electron chi connectivity index (χ1n) is 8.87. The summed E-state index contributed by atoms with van der Waals surface area (Å²) in [5.74, 6) is 0. The molecule has 1 aromatic carbocycles. The van der Waals surface area contributed by atoms with Crippen LogP contribution >= 0.6 is 0 Å². The highest BCUT2D eigenvalue weighted by Crippen LogP contribution is 2.30. The molecular weight excluding hydrogens is 296 g/mol. The zero-order valence-corrected chi connectivity index (χ0v) is 14.5. The van der Waals surface area contributed by atoms with E-state index < -0.39 is 0 Å². The lowest BCUT2D eigenvalue weighted by Crippen LogP contribution is -3.27. The van der Waals surface area contributed by atoms with Gasteiger partial charge in [-0.15, -0.1) is 0 Å². The summed E-state index contributed by atoms with van der Waals surface area (Å²) in [5, 5.41) is 1.36. The lowest BCUT2D eigenvalue weighted by Gasteiger charge is -2.34. The van der Waals surface area contributed by atoms with Crippen LogP contribution in [0.3, 0.4) is 0 Å². The van der Waals surface area contributed by atoms with E-state index in [1.807, 2.05) is 12.4 Å². The number of aromatic amines is 1. The van der Waals surface area contributed by atoms with Crippen LogP contribution in [0.4, 0.5) is 0 Å². The average molecular weight is 322 g/mol. The summed E-state index contributed by atoms with van der Waals surface area (Å²) in [6.07, 6.45) is 3.85. The van der Waals surface area contributed by atoms with Gasteiger partial charge in [-0.3, -0.25) is 4.98 Å². The summed E-state index contributed by atoms with van der Waals surface area (Å²) in [6, 6.07) is 13.4. The van der Waals surface area contributed by atoms with Crippen LogP contribution in [0.1, 0.15) is 22.9 Å². The Morgan fingerprint density at radius 1 is 1.00 bits per heavy atom. The van der Waals surface area contributed by atoms with E-state index in [1.54, 1.807) is 9.80 Å². The van der Waals surface area contributed by atoms with Crippen molar-refractivity contribution in [1.29, 1.82) is 0 Å². The Kier molecular flexibility index (Phi) is 4.08. The molecule has 3 N–H and O–H groups in total. The van der Waals surface area contributed by atoms with Crippen LogP contribution < -0.4 is 9.80 Å². The second-order valence-electron chi connectivity index (χ2n) is 7.04. The topological polar surface area (TPSA) is 37.6 Å². The number of nitrogens with one attached hydrogen (secondary N) is 3. The molecule has 3 heterocycles. The van der Waals surface area contributed by atoms with Gasteiger partial charge in [0.15, 0.2) is 0 Å². The van der Waals surface area contributed by atoms with Crippen LogP contribution in [0, 0.1) is 6.92 Å². The maximum Gasteiger partial charge on any atom is 0.142 e. The van der Waals surface area contributed by atoms with E-state index in [0.717, 1.165) is 0 Å². The molecule has 0 unspecified atom stereocenters. The molecule has 0 saturated carbocycles. The van der Waals surface area contributed by atoms with E-state index in [9.17, 15) is 0 Å². The highest BCUT2D eigenvalue weighted by atomic mass is 15.3. The van der Waals surface area contributed by atoms with Crippen molar-refractivity contribution in [3.8, 4) is 0 Å². The molecule has 4 nitrogen and oxygen atoms in total. The monoisotopic (exact) mass is 322 g/mol. The fourth-order valence-electron chi connectivity index (χ4n) is 4.12. The maximum absolute atomic E-state index is 4.23. The van der Waals surface area contributed by atoms with Gasteiger partial charge in [-0.25, -0.2) is 0 Å². The smallest absolute Gasteiger partial charge is 0.142 e. The van der Waals surface area contributed by atoms with E-state index in [-0.39, 0.29) is 0 Å². The molecule has 1 saturated heterocycles. The van der Waals surface area contributed by atoms with Crippen molar-refractivity contribution >= 4 is 10.9 Å². The predicted molar refractivity (Wildman–Crippen MR) is 96.4 cm³/mol. The summed E-state index contributed by atoms with van der Waals surface area (Å²) >= 11 is 0. The molecule has 4 rings (SSSR count). The van der Waals surface area contributed by atoms with E-state index >= 15 is 0 Å². The number of nitrogens with zero attached hydrogens (tertiary/aromatic N) is 1. The second kappa shape index (κ2) is 6.38. The molecule has 124 valence electrons. The normalized spacial score (nSPS) is 22.6. The molecule has 0 radical (unpaired) electrons. The molecular formula is C20H26N4+2. The molecule has 1 atom stereocenters. The van der Waals surface area contributed by atoms with Gasteiger partial charge in [0, 0.05) is 40.1 Å². The van der Waals surface area contributed by atoms with E-state index in [2.05, 4.69) is 60.3 Å². The van der Waals surface area contributed by atoms with Crippen molar-refractivity contribution in [2.24, 2.45) is 0 Å². The molecule has 0 spiro atoms. The summed E-state index contributed by atoms with van der Waals surface area (Å²) in [7, 11) is 2.30. The molecule has 0 aliphatic carbocycles. The summed E-state index contributed by atoms with van der Waals surface area (Å²) < 4.78 is 0. The lowest BCUT2D eigenvalue weighted by molar-refractivity contribution is -1.02. The zero-order valence-electron chi connectivity index (χ0n) is 14.5. The van der Waals surface area contributed by atoms with Gasteiger partial charge in [-0.2, -0.15) is 0 Å². The number of rotatable bonds is 3. The van der Waals surface area contributed by atoms with Crippen LogP contribution in [0.2, 0.25) is 0 Å². The molecule has 4 heteroatoms. The van der Waals surface area contributed by atoms with Gasteiger partial charge in [-0.1, -0.05) is 18.2 Å². The van der Waals surface area contributed by atoms with Gasteiger partial charge in [0.1, 0.15) is 32.2 Å². The SMILES string of the molecule is Cc1[nH]c2ccccc2c1[C@H](c1ccncc1)[NH+]1CC[NH+](C)CC1. The predicted octanol–water partition coefficient (Wildman–Crippen LogP) is 0.374. The minimum atomic E-state index is 0.372. The van der Waals surface area contributed by atoms with Crippen LogP contribution in [0.15, 0.2) is 48.8 Å². The standard InChI is InChI=1S/C20H24N4/c1-15-19(17-5-3-4-6-18(17)22-15)20(16-7-9-21-10-8-16)24-13-11-23(2)12-14-24/h3-10,20,22H,11-14H2,1-2H3/p+2/t20-/m0/s1. The van der Waals surface area contributed by atoms with Gasteiger partial charge in [0.2, 0.25) is 0 Å². The maximum atomic E-state index is 4.23. The third-order valence-corrected chi connectivity index (χ3v) is 5.43. The van der Waals surface area contributed by atoms with Gasteiger partial charge in [0.25, 0.3) is 0 Å². The van der Waals surface area contributed by atoms with Gasteiger partial charge in [-0.05, 0) is 25.1 Å². The van der Waals surface area contributed by atoms with Crippen LogP contribution in [0.25, 0.3) is 10.9 Å². The molecule has 1 fully saturated rings. The molecule has 1 aliphatic heterocycles. The quantitative estimate of drug-likeness (QED) is 0.641.